The van der Waals surface area contributed by atoms with Gasteiger partial charge in [-0.2, -0.15) is 0 Å². The number of aromatic nitrogens is 2. The van der Waals surface area contributed by atoms with Crippen LogP contribution < -0.4 is 10.1 Å². The van der Waals surface area contributed by atoms with Crippen molar-refractivity contribution in [3.05, 3.63) is 58.4 Å². The van der Waals surface area contributed by atoms with E-state index in [2.05, 4.69) is 15.3 Å². The highest BCUT2D eigenvalue weighted by Crippen LogP contribution is 2.21. The predicted molar refractivity (Wildman–Crippen MR) is 94.4 cm³/mol. The van der Waals surface area contributed by atoms with E-state index in [1.54, 1.807) is 18.2 Å². The van der Waals surface area contributed by atoms with E-state index in [1.165, 1.54) is 0 Å². The van der Waals surface area contributed by atoms with E-state index in [0.717, 1.165) is 22.2 Å². The first-order valence-electron chi connectivity index (χ1n) is 7.62. The molecule has 1 heterocycles. The third kappa shape index (κ3) is 3.86. The number of imidazole rings is 1. The number of carbonyl (C=O) groups excluding carboxylic acids is 1. The minimum absolute atomic E-state index is 0.0538. The average molecular weight is 344 g/mol. The van der Waals surface area contributed by atoms with E-state index in [9.17, 15) is 4.79 Å². The zero-order valence-electron chi connectivity index (χ0n) is 13.5. The standard InChI is InChI=1S/C18H18ClN3O2/c1-11-3-5-14-15(7-11)22-17(21-14)9-20-18(23)10-24-16-6-4-13(19)8-12(16)2/h3-8H,9-10H2,1-2H3,(H,20,23)(H,21,22). The van der Waals surface area contributed by atoms with Gasteiger partial charge in [0.25, 0.3) is 5.91 Å². The maximum atomic E-state index is 11.9. The van der Waals surface area contributed by atoms with E-state index in [4.69, 9.17) is 16.3 Å². The second-order valence-electron chi connectivity index (χ2n) is 5.68. The van der Waals surface area contributed by atoms with Gasteiger partial charge in [0.05, 0.1) is 17.6 Å². The van der Waals surface area contributed by atoms with E-state index < -0.39 is 0 Å². The molecular weight excluding hydrogens is 326 g/mol. The number of aryl methyl sites for hydroxylation is 2. The van der Waals surface area contributed by atoms with Crippen molar-refractivity contribution in [2.24, 2.45) is 0 Å². The molecule has 3 aromatic rings. The van der Waals surface area contributed by atoms with Crippen molar-refractivity contribution in [1.29, 1.82) is 0 Å². The van der Waals surface area contributed by atoms with Gasteiger partial charge in [0.2, 0.25) is 0 Å². The van der Waals surface area contributed by atoms with Crippen molar-refractivity contribution in [1.82, 2.24) is 15.3 Å². The highest BCUT2D eigenvalue weighted by atomic mass is 35.5. The molecule has 6 heteroatoms. The van der Waals surface area contributed by atoms with Gasteiger partial charge in [-0.3, -0.25) is 4.79 Å². The summed E-state index contributed by atoms with van der Waals surface area (Å²) in [5.41, 5.74) is 3.90. The van der Waals surface area contributed by atoms with Gasteiger partial charge in [-0.05, 0) is 55.3 Å². The van der Waals surface area contributed by atoms with Crippen LogP contribution in [0.1, 0.15) is 17.0 Å². The molecule has 0 saturated carbocycles. The smallest absolute Gasteiger partial charge is 0.258 e. The summed E-state index contributed by atoms with van der Waals surface area (Å²) in [6, 6.07) is 11.3. The van der Waals surface area contributed by atoms with Crippen LogP contribution in [-0.4, -0.2) is 22.5 Å². The molecule has 0 spiro atoms. The molecule has 124 valence electrons. The topological polar surface area (TPSA) is 67.0 Å². The van der Waals surface area contributed by atoms with Gasteiger partial charge in [0, 0.05) is 5.02 Å². The Labute approximate surface area is 145 Å². The lowest BCUT2D eigenvalue weighted by atomic mass is 10.2. The molecule has 0 aliphatic heterocycles. The Morgan fingerprint density at radius 2 is 2.08 bits per heavy atom. The number of halogens is 1. The molecule has 1 aromatic heterocycles. The Morgan fingerprint density at radius 3 is 2.88 bits per heavy atom. The summed E-state index contributed by atoms with van der Waals surface area (Å²) in [6.07, 6.45) is 0. The molecule has 0 fully saturated rings. The number of amides is 1. The van der Waals surface area contributed by atoms with Crippen LogP contribution >= 0.6 is 11.6 Å². The third-order valence-electron chi connectivity index (χ3n) is 3.64. The molecule has 3 rings (SSSR count). The Bertz CT molecular complexity index is 889. The fourth-order valence-corrected chi connectivity index (χ4v) is 2.64. The number of hydrogen-bond donors (Lipinski definition) is 2. The van der Waals surface area contributed by atoms with E-state index in [1.807, 2.05) is 32.0 Å². The van der Waals surface area contributed by atoms with Gasteiger partial charge in [0.1, 0.15) is 11.6 Å². The summed E-state index contributed by atoms with van der Waals surface area (Å²) in [5, 5.41) is 3.43. The van der Waals surface area contributed by atoms with Gasteiger partial charge in [-0.25, -0.2) is 4.98 Å². The number of H-pyrrole nitrogens is 1. The third-order valence-corrected chi connectivity index (χ3v) is 3.87. The van der Waals surface area contributed by atoms with Crippen LogP contribution in [-0.2, 0) is 11.3 Å². The van der Waals surface area contributed by atoms with E-state index in [0.29, 0.717) is 23.1 Å². The Morgan fingerprint density at radius 1 is 1.25 bits per heavy atom. The van der Waals surface area contributed by atoms with Crippen LogP contribution in [0, 0.1) is 13.8 Å². The maximum Gasteiger partial charge on any atom is 0.258 e. The first kappa shape index (κ1) is 16.3. The van der Waals surface area contributed by atoms with E-state index >= 15 is 0 Å². The first-order valence-corrected chi connectivity index (χ1v) is 8.00. The lowest BCUT2D eigenvalue weighted by molar-refractivity contribution is -0.123. The summed E-state index contributed by atoms with van der Waals surface area (Å²) in [5.74, 6) is 1.15. The summed E-state index contributed by atoms with van der Waals surface area (Å²) >= 11 is 5.90. The highest BCUT2D eigenvalue weighted by Gasteiger charge is 2.07. The van der Waals surface area contributed by atoms with Crippen LogP contribution in [0.5, 0.6) is 5.75 Å². The zero-order valence-corrected chi connectivity index (χ0v) is 14.3. The SMILES string of the molecule is Cc1ccc2nc(CNC(=O)COc3ccc(Cl)cc3C)[nH]c2c1. The molecule has 0 atom stereocenters. The molecular formula is C18H18ClN3O2. The van der Waals surface area contributed by atoms with Crippen molar-refractivity contribution < 1.29 is 9.53 Å². The number of hydrogen-bond acceptors (Lipinski definition) is 3. The van der Waals surface area contributed by atoms with Crippen molar-refractivity contribution in [2.45, 2.75) is 20.4 Å². The van der Waals surface area contributed by atoms with Crippen molar-refractivity contribution in [3.8, 4) is 5.75 Å². The van der Waals surface area contributed by atoms with Crippen molar-refractivity contribution >= 4 is 28.5 Å². The van der Waals surface area contributed by atoms with Crippen molar-refractivity contribution in [3.63, 3.8) is 0 Å². The summed E-state index contributed by atoms with van der Waals surface area (Å²) in [6.45, 7) is 4.19. The molecule has 0 saturated heterocycles. The normalized spacial score (nSPS) is 10.8. The van der Waals surface area contributed by atoms with Gasteiger partial charge in [-0.15, -0.1) is 0 Å². The second-order valence-corrected chi connectivity index (χ2v) is 6.12. The molecule has 5 nitrogen and oxygen atoms in total. The van der Waals surface area contributed by atoms with Gasteiger partial charge in [0.15, 0.2) is 6.61 Å². The number of nitrogens with zero attached hydrogens (tertiary/aromatic N) is 1. The number of benzene rings is 2. The van der Waals surface area contributed by atoms with Crippen molar-refractivity contribution in [2.75, 3.05) is 6.61 Å². The summed E-state index contributed by atoms with van der Waals surface area (Å²) < 4.78 is 5.52. The Balaban J connectivity index is 1.54. The fourth-order valence-electron chi connectivity index (χ4n) is 2.41. The summed E-state index contributed by atoms with van der Waals surface area (Å²) in [7, 11) is 0. The van der Waals surface area contributed by atoms with E-state index in [-0.39, 0.29) is 12.5 Å². The van der Waals surface area contributed by atoms with Crippen LogP contribution in [0.2, 0.25) is 5.02 Å². The highest BCUT2D eigenvalue weighted by molar-refractivity contribution is 6.30. The zero-order chi connectivity index (χ0) is 17.1. The summed E-state index contributed by atoms with van der Waals surface area (Å²) in [4.78, 5) is 19.6. The molecule has 0 aliphatic carbocycles. The lowest BCUT2D eigenvalue weighted by Crippen LogP contribution is -2.28. The quantitative estimate of drug-likeness (QED) is 0.744. The number of rotatable bonds is 5. The molecule has 2 N–H and O–H groups in total. The lowest BCUT2D eigenvalue weighted by Gasteiger charge is -2.09. The molecule has 0 aliphatic rings. The minimum Gasteiger partial charge on any atom is -0.484 e. The van der Waals surface area contributed by atoms with Crippen LogP contribution in [0.25, 0.3) is 11.0 Å². The molecule has 0 bridgehead atoms. The molecule has 0 radical (unpaired) electrons. The predicted octanol–water partition coefficient (Wildman–Crippen LogP) is 3.53. The second kappa shape index (κ2) is 6.93. The molecule has 0 unspecified atom stereocenters. The van der Waals surface area contributed by atoms with Gasteiger partial charge < -0.3 is 15.0 Å². The average Bonchev–Trinajstić information content (AvgIpc) is 2.94. The number of nitrogens with one attached hydrogen (secondary N) is 2. The number of fused-ring (bicyclic) bond motifs is 1. The van der Waals surface area contributed by atoms with Crippen LogP contribution in [0.15, 0.2) is 36.4 Å². The Kier molecular flexibility index (Phi) is 4.71. The number of aromatic amines is 1. The number of ether oxygens (including phenoxy) is 1. The van der Waals surface area contributed by atoms with Gasteiger partial charge in [-0.1, -0.05) is 17.7 Å². The first-order chi connectivity index (χ1) is 11.5. The van der Waals surface area contributed by atoms with Crippen LogP contribution in [0.3, 0.4) is 0 Å². The fraction of sp³-hybridized carbons (Fsp3) is 0.222. The largest absolute Gasteiger partial charge is 0.484 e. The molecule has 2 aromatic carbocycles. The number of carbonyl (C=O) groups is 1. The monoisotopic (exact) mass is 343 g/mol. The minimum atomic E-state index is -0.207. The van der Waals surface area contributed by atoms with Crippen LogP contribution in [0.4, 0.5) is 0 Å². The molecule has 1 amide bonds. The Hall–Kier alpha value is -2.53. The molecule has 24 heavy (non-hydrogen) atoms. The van der Waals surface area contributed by atoms with Gasteiger partial charge >= 0.3 is 0 Å². The maximum absolute atomic E-state index is 11.9.